The van der Waals surface area contributed by atoms with Crippen LogP contribution in [0.4, 0.5) is 4.39 Å². The van der Waals surface area contributed by atoms with Crippen LogP contribution in [0.25, 0.3) is 0 Å². The van der Waals surface area contributed by atoms with Gasteiger partial charge in [0.05, 0.1) is 12.2 Å². The molecule has 140 valence electrons. The van der Waals surface area contributed by atoms with Gasteiger partial charge in [-0.05, 0) is 39.8 Å². The van der Waals surface area contributed by atoms with Gasteiger partial charge in [-0.1, -0.05) is 22.0 Å². The van der Waals surface area contributed by atoms with Gasteiger partial charge in [-0.2, -0.15) is 0 Å². The molecule has 1 unspecified atom stereocenters. The maximum atomic E-state index is 14.8. The number of esters is 1. The van der Waals surface area contributed by atoms with Gasteiger partial charge in [0.25, 0.3) is 0 Å². The Morgan fingerprint density at radius 1 is 1.31 bits per heavy atom. The summed E-state index contributed by atoms with van der Waals surface area (Å²) >= 11 is 3.27. The van der Waals surface area contributed by atoms with E-state index in [0.29, 0.717) is 26.9 Å². The van der Waals surface area contributed by atoms with Crippen LogP contribution in [0.3, 0.4) is 0 Å². The molecule has 0 saturated carbocycles. The van der Waals surface area contributed by atoms with Gasteiger partial charge in [0, 0.05) is 32.9 Å². The molecule has 0 amide bonds. The van der Waals surface area contributed by atoms with E-state index in [4.69, 9.17) is 14.2 Å². The van der Waals surface area contributed by atoms with E-state index in [1.807, 2.05) is 6.92 Å². The van der Waals surface area contributed by atoms with Crippen molar-refractivity contribution >= 4 is 21.9 Å². The average molecular weight is 426 g/mol. The Kier molecular flexibility index (Phi) is 5.50. The fourth-order valence-electron chi connectivity index (χ4n) is 3.37. The van der Waals surface area contributed by atoms with Gasteiger partial charge in [0.2, 0.25) is 0 Å². The van der Waals surface area contributed by atoms with E-state index in [0.717, 1.165) is 5.70 Å². The van der Waals surface area contributed by atoms with Crippen LogP contribution in [0, 0.1) is 5.82 Å². The summed E-state index contributed by atoms with van der Waals surface area (Å²) in [7, 11) is 0. The Balaban J connectivity index is 2.14. The molecule has 0 bridgehead atoms. The van der Waals surface area contributed by atoms with Gasteiger partial charge >= 0.3 is 5.97 Å². The summed E-state index contributed by atoms with van der Waals surface area (Å²) in [4.78, 5) is 12.7. The topological polar surface area (TPSA) is 56.8 Å². The molecule has 1 N–H and O–H groups in total. The first kappa shape index (κ1) is 19.1. The van der Waals surface area contributed by atoms with Crippen LogP contribution in [-0.4, -0.2) is 25.2 Å². The van der Waals surface area contributed by atoms with Crippen molar-refractivity contribution < 1.29 is 23.4 Å². The lowest BCUT2D eigenvalue weighted by molar-refractivity contribution is -0.360. The number of rotatable bonds is 4. The molecule has 0 aromatic heterocycles. The van der Waals surface area contributed by atoms with Crippen molar-refractivity contribution in [3.8, 4) is 0 Å². The molecule has 7 heteroatoms. The highest BCUT2D eigenvalue weighted by atomic mass is 79.9. The molecule has 2 aliphatic rings. The highest BCUT2D eigenvalue weighted by Gasteiger charge is 2.43. The minimum atomic E-state index is -0.652. The zero-order valence-corrected chi connectivity index (χ0v) is 16.6. The molecule has 0 spiro atoms. The monoisotopic (exact) mass is 425 g/mol. The van der Waals surface area contributed by atoms with Crippen molar-refractivity contribution in [3.05, 3.63) is 56.6 Å². The van der Waals surface area contributed by atoms with Crippen LogP contribution in [0.5, 0.6) is 0 Å². The Hall–Kier alpha value is -1.70. The molecule has 1 aromatic rings. The maximum absolute atomic E-state index is 14.8. The van der Waals surface area contributed by atoms with E-state index in [2.05, 4.69) is 21.2 Å². The van der Waals surface area contributed by atoms with Crippen LogP contribution in [0.2, 0.25) is 0 Å². The number of hydrogen-bond acceptors (Lipinski definition) is 5. The van der Waals surface area contributed by atoms with Gasteiger partial charge in [-0.25, -0.2) is 9.18 Å². The predicted octanol–water partition coefficient (Wildman–Crippen LogP) is 4.11. The molecule has 5 nitrogen and oxygen atoms in total. The fraction of sp³-hybridized carbons (Fsp3) is 0.421. The van der Waals surface area contributed by atoms with Gasteiger partial charge in [0.15, 0.2) is 12.6 Å². The summed E-state index contributed by atoms with van der Waals surface area (Å²) < 4.78 is 32.0. The van der Waals surface area contributed by atoms with Crippen LogP contribution in [0.1, 0.15) is 39.2 Å². The number of carbonyl (C=O) groups is 1. The second-order valence-corrected chi connectivity index (χ2v) is 7.15. The van der Waals surface area contributed by atoms with Crippen molar-refractivity contribution in [2.75, 3.05) is 6.61 Å². The van der Waals surface area contributed by atoms with E-state index in [-0.39, 0.29) is 12.9 Å². The second-order valence-electron chi connectivity index (χ2n) is 6.24. The molecule has 0 radical (unpaired) electrons. The van der Waals surface area contributed by atoms with Gasteiger partial charge in [0.1, 0.15) is 5.82 Å². The minimum absolute atomic E-state index is 0.233. The first-order valence-electron chi connectivity index (χ1n) is 8.44. The molecule has 26 heavy (non-hydrogen) atoms. The smallest absolute Gasteiger partial charge is 0.336 e. The van der Waals surface area contributed by atoms with Crippen LogP contribution < -0.4 is 5.32 Å². The molecule has 3 rings (SSSR count). The highest BCUT2D eigenvalue weighted by Crippen LogP contribution is 2.44. The first-order valence-corrected chi connectivity index (χ1v) is 9.24. The predicted molar refractivity (Wildman–Crippen MR) is 97.4 cm³/mol. The normalized spacial score (nSPS) is 25.7. The summed E-state index contributed by atoms with van der Waals surface area (Å²) in [6, 6.07) is 4.79. The van der Waals surface area contributed by atoms with E-state index < -0.39 is 24.0 Å². The van der Waals surface area contributed by atoms with E-state index in [9.17, 15) is 9.18 Å². The van der Waals surface area contributed by atoms with Gasteiger partial charge < -0.3 is 19.5 Å². The lowest BCUT2D eigenvalue weighted by atomic mass is 9.79. The molecule has 1 saturated heterocycles. The Morgan fingerprint density at radius 3 is 2.58 bits per heavy atom. The number of hydrogen-bond donors (Lipinski definition) is 1. The lowest BCUT2D eigenvalue weighted by Crippen LogP contribution is -2.45. The maximum Gasteiger partial charge on any atom is 0.336 e. The number of nitrogens with one attached hydrogen (secondary N) is 1. The van der Waals surface area contributed by atoms with Crippen LogP contribution in [0.15, 0.2) is 45.2 Å². The number of dihydropyridines is 1. The van der Waals surface area contributed by atoms with Crippen molar-refractivity contribution in [3.63, 3.8) is 0 Å². The summed E-state index contributed by atoms with van der Waals surface area (Å²) in [6.45, 7) is 7.39. The van der Waals surface area contributed by atoms with Gasteiger partial charge in [-0.15, -0.1) is 0 Å². The number of carbonyl (C=O) groups excluding carboxylic acids is 1. The molecule has 1 fully saturated rings. The Bertz CT molecular complexity index is 799. The fourth-order valence-corrected chi connectivity index (χ4v) is 3.70. The quantitative estimate of drug-likeness (QED) is 0.735. The zero-order valence-electron chi connectivity index (χ0n) is 15.1. The third kappa shape index (κ3) is 3.43. The van der Waals surface area contributed by atoms with Crippen molar-refractivity contribution in [2.45, 2.75) is 46.2 Å². The molecule has 1 aromatic carbocycles. The lowest BCUT2D eigenvalue weighted by Gasteiger charge is -2.41. The van der Waals surface area contributed by atoms with Crippen molar-refractivity contribution in [1.29, 1.82) is 0 Å². The molecule has 2 heterocycles. The third-order valence-corrected chi connectivity index (χ3v) is 4.96. The minimum Gasteiger partial charge on any atom is -0.463 e. The summed E-state index contributed by atoms with van der Waals surface area (Å²) in [5.74, 6) is -1.55. The van der Waals surface area contributed by atoms with E-state index >= 15 is 0 Å². The molecular formula is C19H21BrFNO4. The first-order chi connectivity index (χ1) is 12.3. The van der Waals surface area contributed by atoms with Gasteiger partial charge in [-0.3, -0.25) is 0 Å². The molecule has 1 atom stereocenters. The standard InChI is InChI=1S/C19H21BrFNO4/c1-5-24-18(23)15-9(2)22-10(3)16(19-25-11(4)26-19)17(15)13-7-6-12(20)8-14(13)21/h6-8,11,17,19,22H,5H2,1-4H3. The second kappa shape index (κ2) is 7.50. The SMILES string of the molecule is CCOC(=O)C1=C(C)NC(C)=C(C2OC(C)O2)C1c1ccc(Br)cc1F. The van der Waals surface area contributed by atoms with Crippen LogP contribution in [-0.2, 0) is 19.0 Å². The van der Waals surface area contributed by atoms with Crippen molar-refractivity contribution in [2.24, 2.45) is 0 Å². The highest BCUT2D eigenvalue weighted by molar-refractivity contribution is 9.10. The van der Waals surface area contributed by atoms with E-state index in [1.54, 1.807) is 32.9 Å². The van der Waals surface area contributed by atoms with E-state index in [1.165, 1.54) is 6.07 Å². The zero-order chi connectivity index (χ0) is 19.0. The Labute approximate surface area is 160 Å². The largest absolute Gasteiger partial charge is 0.463 e. The number of ether oxygens (including phenoxy) is 3. The summed E-state index contributed by atoms with van der Waals surface area (Å²) in [6.07, 6.45) is -0.975. The number of benzene rings is 1. The molecule has 2 aliphatic heterocycles. The van der Waals surface area contributed by atoms with Crippen molar-refractivity contribution in [1.82, 2.24) is 5.32 Å². The average Bonchev–Trinajstić information content (AvgIpc) is 2.52. The summed E-state index contributed by atoms with van der Waals surface area (Å²) in [5.41, 5.74) is 2.82. The molecular weight excluding hydrogens is 405 g/mol. The third-order valence-electron chi connectivity index (χ3n) is 4.46. The number of allylic oxidation sites excluding steroid dienone is 2. The van der Waals surface area contributed by atoms with Crippen LogP contribution >= 0.6 is 15.9 Å². The Morgan fingerprint density at radius 2 is 2.00 bits per heavy atom. The molecule has 0 aliphatic carbocycles. The number of halogens is 2. The summed E-state index contributed by atoms with van der Waals surface area (Å²) in [5, 5.41) is 3.18.